The molecule has 2 heterocycles. The van der Waals surface area contributed by atoms with E-state index in [0.29, 0.717) is 0 Å². The maximum Gasteiger partial charge on any atom is 0.123 e. The Labute approximate surface area is 128 Å². The van der Waals surface area contributed by atoms with Crippen molar-refractivity contribution in [3.63, 3.8) is 0 Å². The number of rotatable bonds is 4. The number of fused-ring (bicyclic) bond motifs is 1. The monoisotopic (exact) mass is 289 g/mol. The summed E-state index contributed by atoms with van der Waals surface area (Å²) in [6.45, 7) is 10.5. The SMILES string of the molecule is CCNC(c1ccc2c(c1)CC(C)(C)O2)C1(C)CCCO1. The zero-order valence-corrected chi connectivity index (χ0v) is 13.7. The zero-order valence-electron chi connectivity index (χ0n) is 13.7. The van der Waals surface area contributed by atoms with E-state index in [0.717, 1.165) is 38.2 Å². The third kappa shape index (κ3) is 2.82. The van der Waals surface area contributed by atoms with Crippen LogP contribution in [0.3, 0.4) is 0 Å². The molecular weight excluding hydrogens is 262 g/mol. The quantitative estimate of drug-likeness (QED) is 0.918. The van der Waals surface area contributed by atoms with Gasteiger partial charge in [-0.2, -0.15) is 0 Å². The molecule has 1 N–H and O–H groups in total. The van der Waals surface area contributed by atoms with Crippen LogP contribution in [-0.4, -0.2) is 24.4 Å². The van der Waals surface area contributed by atoms with Crippen molar-refractivity contribution in [2.45, 2.75) is 64.2 Å². The second-order valence-corrected chi connectivity index (χ2v) is 7.16. The second-order valence-electron chi connectivity index (χ2n) is 7.16. The minimum atomic E-state index is -0.0980. The molecule has 1 aromatic carbocycles. The van der Waals surface area contributed by atoms with Gasteiger partial charge in [0.2, 0.25) is 0 Å². The van der Waals surface area contributed by atoms with Crippen molar-refractivity contribution in [2.75, 3.05) is 13.2 Å². The molecule has 0 aliphatic carbocycles. The van der Waals surface area contributed by atoms with Crippen LogP contribution in [0.2, 0.25) is 0 Å². The molecule has 2 aliphatic rings. The van der Waals surface area contributed by atoms with Crippen molar-refractivity contribution < 1.29 is 9.47 Å². The number of ether oxygens (including phenoxy) is 2. The van der Waals surface area contributed by atoms with Crippen LogP contribution in [0.15, 0.2) is 18.2 Å². The molecule has 0 amide bonds. The number of likely N-dealkylation sites (N-methyl/N-ethyl adjacent to an activating group) is 1. The minimum absolute atomic E-state index is 0.0810. The van der Waals surface area contributed by atoms with Gasteiger partial charge in [-0.3, -0.25) is 0 Å². The third-order valence-electron chi connectivity index (χ3n) is 4.69. The lowest BCUT2D eigenvalue weighted by atomic mass is 9.86. The first-order valence-electron chi connectivity index (χ1n) is 8.13. The highest BCUT2D eigenvalue weighted by Crippen LogP contribution is 2.41. The summed E-state index contributed by atoms with van der Waals surface area (Å²) in [4.78, 5) is 0. The molecule has 2 unspecified atom stereocenters. The number of hydrogen-bond donors (Lipinski definition) is 1. The van der Waals surface area contributed by atoms with Crippen molar-refractivity contribution in [2.24, 2.45) is 0 Å². The summed E-state index contributed by atoms with van der Waals surface area (Å²) in [5, 5.41) is 3.63. The molecule has 0 bridgehead atoms. The van der Waals surface area contributed by atoms with Gasteiger partial charge in [0, 0.05) is 13.0 Å². The molecular formula is C18H27NO2. The van der Waals surface area contributed by atoms with Crippen LogP contribution in [0.1, 0.15) is 57.7 Å². The number of benzene rings is 1. The maximum atomic E-state index is 6.08. The van der Waals surface area contributed by atoms with Crippen LogP contribution in [0, 0.1) is 0 Å². The molecule has 3 nitrogen and oxygen atoms in total. The Bertz CT molecular complexity index is 518. The summed E-state index contributed by atoms with van der Waals surface area (Å²) in [5.74, 6) is 1.04. The fourth-order valence-electron chi connectivity index (χ4n) is 3.73. The van der Waals surface area contributed by atoms with E-state index in [-0.39, 0.29) is 17.2 Å². The summed E-state index contributed by atoms with van der Waals surface area (Å²) in [6, 6.07) is 6.88. The van der Waals surface area contributed by atoms with Crippen molar-refractivity contribution in [1.82, 2.24) is 5.32 Å². The Morgan fingerprint density at radius 3 is 2.76 bits per heavy atom. The van der Waals surface area contributed by atoms with E-state index in [1.807, 2.05) is 0 Å². The first-order chi connectivity index (χ1) is 9.93. The fourth-order valence-corrected chi connectivity index (χ4v) is 3.73. The molecule has 0 radical (unpaired) electrons. The van der Waals surface area contributed by atoms with E-state index in [2.05, 4.69) is 51.2 Å². The van der Waals surface area contributed by atoms with Crippen LogP contribution in [0.4, 0.5) is 0 Å². The summed E-state index contributed by atoms with van der Waals surface area (Å²) in [6.07, 6.45) is 3.25. The molecule has 2 aliphatic heterocycles. The van der Waals surface area contributed by atoms with E-state index < -0.39 is 0 Å². The highest BCUT2D eigenvalue weighted by molar-refractivity contribution is 5.43. The molecule has 0 saturated carbocycles. The highest BCUT2D eigenvalue weighted by atomic mass is 16.5. The van der Waals surface area contributed by atoms with Crippen LogP contribution in [0.5, 0.6) is 5.75 Å². The largest absolute Gasteiger partial charge is 0.487 e. The Morgan fingerprint density at radius 1 is 1.29 bits per heavy atom. The molecule has 116 valence electrons. The lowest BCUT2D eigenvalue weighted by molar-refractivity contribution is -0.0121. The van der Waals surface area contributed by atoms with Gasteiger partial charge in [-0.15, -0.1) is 0 Å². The maximum absolute atomic E-state index is 6.08. The molecule has 2 atom stereocenters. The number of hydrogen-bond acceptors (Lipinski definition) is 3. The van der Waals surface area contributed by atoms with Gasteiger partial charge >= 0.3 is 0 Å². The van der Waals surface area contributed by atoms with Gasteiger partial charge in [0.05, 0.1) is 11.6 Å². The van der Waals surface area contributed by atoms with Crippen molar-refractivity contribution in [1.29, 1.82) is 0 Å². The molecule has 1 fully saturated rings. The zero-order chi connectivity index (χ0) is 15.1. The molecule has 3 heteroatoms. The van der Waals surface area contributed by atoms with Gasteiger partial charge in [-0.05, 0) is 57.4 Å². The lowest BCUT2D eigenvalue weighted by Gasteiger charge is -2.34. The van der Waals surface area contributed by atoms with Gasteiger partial charge in [-0.25, -0.2) is 0 Å². The lowest BCUT2D eigenvalue weighted by Crippen LogP contribution is -2.41. The molecule has 21 heavy (non-hydrogen) atoms. The predicted molar refractivity (Wildman–Crippen MR) is 84.9 cm³/mol. The van der Waals surface area contributed by atoms with Crippen molar-refractivity contribution >= 4 is 0 Å². The van der Waals surface area contributed by atoms with Crippen LogP contribution < -0.4 is 10.1 Å². The predicted octanol–water partition coefficient (Wildman–Crippen LogP) is 3.62. The molecule has 0 aromatic heterocycles. The highest BCUT2D eigenvalue weighted by Gasteiger charge is 2.39. The third-order valence-corrected chi connectivity index (χ3v) is 4.69. The van der Waals surface area contributed by atoms with E-state index in [9.17, 15) is 0 Å². The normalized spacial score (nSPS) is 28.2. The fraction of sp³-hybridized carbons (Fsp3) is 0.667. The molecule has 1 saturated heterocycles. The van der Waals surface area contributed by atoms with Crippen LogP contribution in [-0.2, 0) is 11.2 Å². The van der Waals surface area contributed by atoms with Crippen molar-refractivity contribution in [3.05, 3.63) is 29.3 Å². The van der Waals surface area contributed by atoms with Crippen LogP contribution >= 0.6 is 0 Å². The number of nitrogens with one attached hydrogen (secondary N) is 1. The summed E-state index contributed by atoms with van der Waals surface area (Å²) in [7, 11) is 0. The average molecular weight is 289 g/mol. The van der Waals surface area contributed by atoms with E-state index >= 15 is 0 Å². The smallest absolute Gasteiger partial charge is 0.123 e. The minimum Gasteiger partial charge on any atom is -0.487 e. The van der Waals surface area contributed by atoms with E-state index in [1.165, 1.54) is 11.1 Å². The topological polar surface area (TPSA) is 30.5 Å². The van der Waals surface area contributed by atoms with E-state index in [4.69, 9.17) is 9.47 Å². The standard InChI is InChI=1S/C18H27NO2/c1-5-19-16(18(4)9-6-10-20-18)13-7-8-15-14(11-13)12-17(2,3)21-15/h7-8,11,16,19H,5-6,9-10,12H2,1-4H3. The van der Waals surface area contributed by atoms with Gasteiger partial charge in [0.1, 0.15) is 11.4 Å². The summed E-state index contributed by atoms with van der Waals surface area (Å²) < 4.78 is 12.1. The molecule has 0 spiro atoms. The summed E-state index contributed by atoms with van der Waals surface area (Å²) >= 11 is 0. The Morgan fingerprint density at radius 2 is 2.10 bits per heavy atom. The average Bonchev–Trinajstić information content (AvgIpc) is 2.97. The summed E-state index contributed by atoms with van der Waals surface area (Å²) in [5.41, 5.74) is 2.46. The Balaban J connectivity index is 1.91. The molecule has 1 aromatic rings. The van der Waals surface area contributed by atoms with Gasteiger partial charge in [-0.1, -0.05) is 19.1 Å². The van der Waals surface area contributed by atoms with Gasteiger partial charge in [0.25, 0.3) is 0 Å². The Kier molecular flexibility index (Phi) is 3.74. The van der Waals surface area contributed by atoms with E-state index in [1.54, 1.807) is 0 Å². The van der Waals surface area contributed by atoms with Gasteiger partial charge in [0.15, 0.2) is 0 Å². The first kappa shape index (κ1) is 14.9. The second kappa shape index (κ2) is 5.29. The first-order valence-corrected chi connectivity index (χ1v) is 8.13. The van der Waals surface area contributed by atoms with Crippen molar-refractivity contribution in [3.8, 4) is 5.75 Å². The Hall–Kier alpha value is -1.06. The molecule has 3 rings (SSSR count). The van der Waals surface area contributed by atoms with Gasteiger partial charge < -0.3 is 14.8 Å². The van der Waals surface area contributed by atoms with Crippen LogP contribution in [0.25, 0.3) is 0 Å².